The first kappa shape index (κ1) is 128. The summed E-state index contributed by atoms with van der Waals surface area (Å²) in [5.41, 5.74) is 1.00. The second-order valence-electron chi connectivity index (χ2n) is 36.0. The molecule has 38 heteroatoms. The van der Waals surface area contributed by atoms with Gasteiger partial charge in [0.05, 0.1) is 0 Å². The average molecular weight is 1930 g/mol. The van der Waals surface area contributed by atoms with E-state index in [2.05, 4.69) is 222 Å². The van der Waals surface area contributed by atoms with Gasteiger partial charge in [-0.3, -0.25) is 32.0 Å². The van der Waals surface area contributed by atoms with Crippen molar-refractivity contribution in [2.24, 2.45) is 46.3 Å². The highest BCUT2D eigenvalue weighted by molar-refractivity contribution is 7.48. The monoisotopic (exact) mass is 1930 g/mol. The van der Waals surface area contributed by atoms with Crippen LogP contribution in [0.25, 0.3) is 0 Å². The van der Waals surface area contributed by atoms with Gasteiger partial charge < -0.3 is 87.6 Å². The van der Waals surface area contributed by atoms with Gasteiger partial charge >= 0.3 is 53.1 Å². The van der Waals surface area contributed by atoms with Crippen molar-refractivity contribution in [1.29, 1.82) is 0 Å². The smallest absolute Gasteiger partial charge is 0.430 e. The number of phosphoric acid groups is 6. The lowest BCUT2D eigenvalue weighted by Crippen LogP contribution is -2.66. The van der Waals surface area contributed by atoms with Crippen LogP contribution in [0.1, 0.15) is 345 Å². The third-order valence-corrected chi connectivity index (χ3v) is 27.4. The zero-order chi connectivity index (χ0) is 96.7. The largest absolute Gasteiger partial charge is 0.532 e. The molecular weight excluding hydrogens is 1740 g/mol. The molecule has 126 heavy (non-hydrogen) atoms. The summed E-state index contributed by atoms with van der Waals surface area (Å²) in [5, 5.41) is 0. The van der Waals surface area contributed by atoms with Crippen LogP contribution in [0, 0.1) is 46.3 Å². The number of allylic oxidation sites excluding steroid dienone is 1. The van der Waals surface area contributed by atoms with Crippen molar-refractivity contribution in [1.82, 2.24) is 29.4 Å². The van der Waals surface area contributed by atoms with Gasteiger partial charge in [-0.25, -0.2) is 32.2 Å². The normalized spacial score (nSPS) is 24.5. The van der Waals surface area contributed by atoms with Gasteiger partial charge in [-0.15, -0.1) is 0 Å². The predicted molar refractivity (Wildman–Crippen MR) is 508 cm³/mol. The summed E-state index contributed by atoms with van der Waals surface area (Å²) in [6.45, 7) is 75.1. The minimum atomic E-state index is -6.26. The van der Waals surface area contributed by atoms with E-state index in [0.29, 0.717) is 41.9 Å². The Morgan fingerprint density at radius 3 is 0.873 bits per heavy atom. The first-order valence-electron chi connectivity index (χ1n) is 48.6. The Morgan fingerprint density at radius 2 is 0.627 bits per heavy atom. The van der Waals surface area contributed by atoms with Crippen molar-refractivity contribution in [3.8, 4) is 0 Å². The minimum Gasteiger partial charge on any atom is -0.430 e. The number of carbonyl (C=O) groups excluding carboxylic acids is 1. The number of fused-ring (bicyclic) bond motifs is 5. The van der Waals surface area contributed by atoms with E-state index in [9.17, 15) is 86.0 Å². The van der Waals surface area contributed by atoms with Gasteiger partial charge in [0.15, 0.2) is 0 Å². The van der Waals surface area contributed by atoms with Crippen molar-refractivity contribution in [2.75, 3.05) is 118 Å². The fraction of sp³-hybridized carbons (Fsp3) is 0.966. The number of phosphoric ester groups is 6. The van der Waals surface area contributed by atoms with E-state index in [1.165, 1.54) is 259 Å². The molecule has 756 valence electrons. The molecule has 0 spiro atoms. The lowest BCUT2D eigenvalue weighted by atomic mass is 9.47. The van der Waals surface area contributed by atoms with Crippen LogP contribution >= 0.6 is 46.9 Å². The van der Waals surface area contributed by atoms with Crippen molar-refractivity contribution in [3.05, 3.63) is 11.6 Å². The number of carbonyl (C=O) groups is 1. The third kappa shape index (κ3) is 54.4. The van der Waals surface area contributed by atoms with Crippen LogP contribution in [-0.4, -0.2) is 250 Å². The van der Waals surface area contributed by atoms with E-state index in [-0.39, 0.29) is 23.7 Å². The van der Waals surface area contributed by atoms with E-state index < -0.39 is 95.8 Å². The molecular formula is C88H188N6O26P6. The first-order valence-corrected chi connectivity index (χ1v) is 57.8. The fourth-order valence-electron chi connectivity index (χ4n) is 19.5. The minimum absolute atomic E-state index is 0.200. The Bertz CT molecular complexity index is 2820. The first-order chi connectivity index (χ1) is 59.0. The molecule has 32 nitrogen and oxygen atoms in total. The molecule has 11 N–H and O–H groups in total. The van der Waals surface area contributed by atoms with Crippen molar-refractivity contribution >= 4 is 53.1 Å². The maximum Gasteiger partial charge on any atom is 0.532 e. The summed E-state index contributed by atoms with van der Waals surface area (Å²) in [5.74, 6) is 3.30. The summed E-state index contributed by atoms with van der Waals surface area (Å²) in [4.78, 5) is 136. The quantitative estimate of drug-likeness (QED) is 0.0153. The van der Waals surface area contributed by atoms with Crippen LogP contribution in [0.2, 0.25) is 0 Å². The van der Waals surface area contributed by atoms with Crippen molar-refractivity contribution in [2.45, 2.75) is 388 Å². The number of hydrogen-bond acceptors (Lipinski definition) is 21. The number of hydrogen-bond donors (Lipinski definition) is 11. The zero-order valence-electron chi connectivity index (χ0n) is 82.7. The van der Waals surface area contributed by atoms with Crippen LogP contribution < -0.4 is 0 Å². The Kier molecular flexibility index (Phi) is 69.3. The second-order valence-corrected chi connectivity index (χ2v) is 43.3. The van der Waals surface area contributed by atoms with Gasteiger partial charge in [0.2, 0.25) is 0 Å². The highest BCUT2D eigenvalue weighted by Gasteiger charge is 2.64. The van der Waals surface area contributed by atoms with Crippen molar-refractivity contribution < 1.29 is 122 Å². The standard InChI is InChI=1S/C34H62O26P6.6C9H21N/c1-18(2)7-6-8-19(3)23-11-12-24-22-10-9-20-17-21(13-15-33(20,4)25(22)14-16-34(23,24)5)53-32(35)60-66(51,52)59-31-29(57-64(45,46)47)27(55-62(39,40)41)26(54-61(36,37)38)28(56-63(42,43)44)30(31)58-65(48,49)50;6*1-4-7-10(8-5-2)9-6-3/h9,18-19,21-31H,6-8,10-17H2,1-5H3,(H,51,52)(H2,36,37,38)(H2,39,40,41)(H2,42,43,44)(H2,45,46,47)(H2,48,49,50);6*4-9H2,1-3H3/t19-,21-,22?,23?,24?,25?,26?,27?,28?,29?,30?,31?,33?,34?;;;;;;/m0....../s1. The molecule has 0 bridgehead atoms. The molecule has 5 aliphatic rings. The van der Waals surface area contributed by atoms with Gasteiger partial charge in [0.25, 0.3) is 0 Å². The third-order valence-electron chi connectivity index (χ3n) is 23.9. The Balaban J connectivity index is 0. The van der Waals surface area contributed by atoms with E-state index >= 15 is 0 Å². The van der Waals surface area contributed by atoms with Crippen LogP contribution in [0.5, 0.6) is 0 Å². The van der Waals surface area contributed by atoms with Crippen LogP contribution in [0.4, 0.5) is 4.79 Å². The van der Waals surface area contributed by atoms with E-state index in [1.54, 1.807) is 0 Å². The molecule has 0 saturated heterocycles. The summed E-state index contributed by atoms with van der Waals surface area (Å²) in [6, 6.07) is 0. The highest BCUT2D eigenvalue weighted by atomic mass is 31.2. The number of ether oxygens (including phenoxy) is 1. The summed E-state index contributed by atoms with van der Waals surface area (Å²) in [7, 11) is -37.0. The van der Waals surface area contributed by atoms with Crippen LogP contribution in [-0.2, 0) is 63.8 Å². The van der Waals surface area contributed by atoms with E-state index in [4.69, 9.17) is 9.26 Å². The van der Waals surface area contributed by atoms with Crippen LogP contribution in [0.15, 0.2) is 11.6 Å². The molecule has 0 heterocycles. The molecule has 4 saturated carbocycles. The second kappa shape index (κ2) is 68.5. The molecule has 5 rings (SSSR count). The highest BCUT2D eigenvalue weighted by Crippen LogP contribution is 2.68. The number of nitrogens with zero attached hydrogens (tertiary/aromatic N) is 6. The zero-order valence-corrected chi connectivity index (χ0v) is 88.1. The Hall–Kier alpha value is -0.530. The molecule has 0 aliphatic heterocycles. The molecule has 0 aromatic carbocycles. The molecule has 4 fully saturated rings. The Morgan fingerprint density at radius 1 is 0.365 bits per heavy atom. The summed E-state index contributed by atoms with van der Waals surface area (Å²) >= 11 is 0. The predicted octanol–water partition coefficient (Wildman–Crippen LogP) is 20.5. The summed E-state index contributed by atoms with van der Waals surface area (Å²) in [6.07, 6.45) is 13.1. The van der Waals surface area contributed by atoms with Gasteiger partial charge in [0.1, 0.15) is 42.7 Å². The molecule has 0 amide bonds. The SMILES string of the molecule is CC(C)CCC[C@H](C)C1CCC2C3CC=C4C[C@@H](OC(=O)OP(=O)(O)OC5C(OP(=O)(O)O)C(OP(=O)(O)O)C(OP(=O)(O)O)C(OP(=O)(O)O)C5OP(=O)(O)O)CCC4(C)C3CCC21C.CCCN(CCC)CCC.CCCN(CCC)CCC.CCCN(CCC)CCC.CCCN(CCC)CCC.CCCN(CCC)CCC.CCCN(CCC)CCC. The molecule has 13 atom stereocenters. The maximum absolute atomic E-state index is 13.5. The van der Waals surface area contributed by atoms with Gasteiger partial charge in [-0.2, -0.15) is 0 Å². The van der Waals surface area contributed by atoms with E-state index in [1.807, 2.05) is 0 Å². The van der Waals surface area contributed by atoms with Crippen molar-refractivity contribution in [3.63, 3.8) is 0 Å². The Labute approximate surface area is 764 Å². The van der Waals surface area contributed by atoms with Crippen LogP contribution in [0.3, 0.4) is 0 Å². The summed E-state index contributed by atoms with van der Waals surface area (Å²) < 4.78 is 110. The molecule has 0 aromatic rings. The van der Waals surface area contributed by atoms with Gasteiger partial charge in [-0.05, 0) is 325 Å². The average Bonchev–Trinajstić information content (AvgIpc) is 1.44. The molecule has 11 unspecified atom stereocenters. The van der Waals surface area contributed by atoms with Gasteiger partial charge in [0, 0.05) is 6.42 Å². The number of rotatable bonds is 55. The molecule has 0 aromatic heterocycles. The van der Waals surface area contributed by atoms with E-state index in [0.717, 1.165) is 31.3 Å². The van der Waals surface area contributed by atoms with Gasteiger partial charge in [-0.1, -0.05) is 190 Å². The lowest BCUT2D eigenvalue weighted by Gasteiger charge is -2.58. The fourth-order valence-corrected chi connectivity index (χ4v) is 23.1. The molecule has 5 aliphatic carbocycles. The lowest BCUT2D eigenvalue weighted by molar-refractivity contribution is -0.202. The molecule has 0 radical (unpaired) electrons. The maximum atomic E-state index is 13.5. The topological polar surface area (TPSA) is 435 Å².